The van der Waals surface area contributed by atoms with E-state index in [0.29, 0.717) is 19.0 Å². The number of aliphatic hydroxyl groups is 1. The fourth-order valence-electron chi connectivity index (χ4n) is 3.26. The van der Waals surface area contributed by atoms with Crippen molar-refractivity contribution in [2.45, 2.75) is 6.42 Å². The number of rotatable bonds is 4. The highest BCUT2D eigenvalue weighted by Crippen LogP contribution is 2.38. The second kappa shape index (κ2) is 7.14. The van der Waals surface area contributed by atoms with E-state index < -0.39 is 0 Å². The Labute approximate surface area is 152 Å². The molecule has 5 heteroatoms. The number of benzene rings is 2. The Hall–Kier alpha value is -2.92. The zero-order valence-electron chi connectivity index (χ0n) is 14.7. The number of para-hydroxylation sites is 1. The van der Waals surface area contributed by atoms with Crippen LogP contribution in [-0.2, 0) is 6.42 Å². The topological polar surface area (TPSA) is 58.5 Å². The van der Waals surface area contributed by atoms with Crippen molar-refractivity contribution in [3.8, 4) is 28.4 Å². The van der Waals surface area contributed by atoms with Gasteiger partial charge < -0.3 is 14.7 Å². The van der Waals surface area contributed by atoms with Crippen molar-refractivity contribution in [1.82, 2.24) is 9.97 Å². The molecule has 1 aliphatic rings. The molecule has 1 N–H and O–H groups in total. The smallest absolute Gasteiger partial charge is 0.162 e. The van der Waals surface area contributed by atoms with Crippen LogP contribution in [0.25, 0.3) is 22.6 Å². The summed E-state index contributed by atoms with van der Waals surface area (Å²) < 4.78 is 5.94. The summed E-state index contributed by atoms with van der Waals surface area (Å²) in [5.74, 6) is 2.38. The number of likely N-dealkylation sites (N-methyl/N-ethyl adjacent to an activating group) is 1. The van der Waals surface area contributed by atoms with Gasteiger partial charge in [-0.25, -0.2) is 9.97 Å². The number of nitrogens with zero attached hydrogens (tertiary/aromatic N) is 3. The second-order valence-electron chi connectivity index (χ2n) is 6.30. The highest BCUT2D eigenvalue weighted by Gasteiger charge is 2.23. The molecule has 4 rings (SSSR count). The van der Waals surface area contributed by atoms with Crippen LogP contribution in [0.3, 0.4) is 0 Å². The number of aromatic nitrogens is 2. The standard InChI is InChI=1S/C21H21N3O2/c1-24(12-13-25)21-17-11-14-26-18-10-6-5-9-16(18)19(17)22-20(23-21)15-7-3-2-4-8-15/h2-10,25H,11-14H2,1H3. The number of aliphatic hydroxyl groups excluding tert-OH is 1. The minimum Gasteiger partial charge on any atom is -0.493 e. The molecule has 0 unspecified atom stereocenters. The highest BCUT2D eigenvalue weighted by atomic mass is 16.5. The summed E-state index contributed by atoms with van der Waals surface area (Å²) in [6.07, 6.45) is 0.726. The Balaban J connectivity index is 1.96. The molecule has 0 bridgehead atoms. The maximum Gasteiger partial charge on any atom is 0.162 e. The van der Waals surface area contributed by atoms with E-state index in [1.807, 2.05) is 66.5 Å². The fraction of sp³-hybridized carbons (Fsp3) is 0.238. The van der Waals surface area contributed by atoms with Crippen LogP contribution in [0.15, 0.2) is 54.6 Å². The van der Waals surface area contributed by atoms with E-state index in [1.165, 1.54) is 0 Å². The highest BCUT2D eigenvalue weighted by molar-refractivity contribution is 5.77. The van der Waals surface area contributed by atoms with E-state index in [2.05, 4.69) is 0 Å². The number of anilines is 1. The van der Waals surface area contributed by atoms with E-state index in [9.17, 15) is 5.11 Å². The van der Waals surface area contributed by atoms with Gasteiger partial charge >= 0.3 is 0 Å². The van der Waals surface area contributed by atoms with Crippen LogP contribution in [0.4, 0.5) is 5.82 Å². The molecule has 0 radical (unpaired) electrons. The molecule has 2 aromatic carbocycles. The number of hydrogen-bond donors (Lipinski definition) is 1. The summed E-state index contributed by atoms with van der Waals surface area (Å²) in [5, 5.41) is 9.39. The molecule has 3 aromatic rings. The number of hydrogen-bond acceptors (Lipinski definition) is 5. The van der Waals surface area contributed by atoms with E-state index in [0.717, 1.165) is 40.4 Å². The largest absolute Gasteiger partial charge is 0.493 e. The first kappa shape index (κ1) is 16.5. The van der Waals surface area contributed by atoms with Gasteiger partial charge in [-0.05, 0) is 12.1 Å². The summed E-state index contributed by atoms with van der Waals surface area (Å²) in [6.45, 7) is 1.17. The predicted octanol–water partition coefficient (Wildman–Crippen LogP) is 3.17. The lowest BCUT2D eigenvalue weighted by Gasteiger charge is -2.22. The lowest BCUT2D eigenvalue weighted by Crippen LogP contribution is -2.24. The van der Waals surface area contributed by atoms with Crippen LogP contribution >= 0.6 is 0 Å². The minimum absolute atomic E-state index is 0.0725. The van der Waals surface area contributed by atoms with Crippen molar-refractivity contribution in [2.75, 3.05) is 31.7 Å². The van der Waals surface area contributed by atoms with Gasteiger partial charge in [0.15, 0.2) is 5.82 Å². The summed E-state index contributed by atoms with van der Waals surface area (Å²) in [7, 11) is 1.95. The third-order valence-electron chi connectivity index (χ3n) is 4.57. The Morgan fingerprint density at radius 2 is 1.81 bits per heavy atom. The van der Waals surface area contributed by atoms with Crippen molar-refractivity contribution in [1.29, 1.82) is 0 Å². The number of ether oxygens (including phenoxy) is 1. The van der Waals surface area contributed by atoms with E-state index >= 15 is 0 Å². The Morgan fingerprint density at radius 1 is 1.04 bits per heavy atom. The molecule has 26 heavy (non-hydrogen) atoms. The predicted molar refractivity (Wildman–Crippen MR) is 102 cm³/mol. The van der Waals surface area contributed by atoms with Gasteiger partial charge in [-0.3, -0.25) is 0 Å². The minimum atomic E-state index is 0.0725. The summed E-state index contributed by atoms with van der Waals surface area (Å²) >= 11 is 0. The zero-order chi connectivity index (χ0) is 17.9. The summed E-state index contributed by atoms with van der Waals surface area (Å²) in [5.41, 5.74) is 3.92. The van der Waals surface area contributed by atoms with E-state index in [1.54, 1.807) is 0 Å². The van der Waals surface area contributed by atoms with Gasteiger partial charge in [0.05, 0.1) is 18.9 Å². The first-order valence-corrected chi connectivity index (χ1v) is 8.78. The molecule has 5 nitrogen and oxygen atoms in total. The van der Waals surface area contributed by atoms with Gasteiger partial charge in [0.25, 0.3) is 0 Å². The molecule has 1 aromatic heterocycles. The van der Waals surface area contributed by atoms with Crippen LogP contribution in [0.2, 0.25) is 0 Å². The summed E-state index contributed by atoms with van der Waals surface area (Å²) in [4.78, 5) is 11.7. The van der Waals surface area contributed by atoms with Gasteiger partial charge in [0.2, 0.25) is 0 Å². The molecule has 0 saturated carbocycles. The van der Waals surface area contributed by atoms with Crippen molar-refractivity contribution in [3.05, 3.63) is 60.2 Å². The lowest BCUT2D eigenvalue weighted by atomic mass is 10.0. The molecule has 0 spiro atoms. The summed E-state index contributed by atoms with van der Waals surface area (Å²) in [6, 6.07) is 18.0. The first-order valence-electron chi connectivity index (χ1n) is 8.78. The monoisotopic (exact) mass is 347 g/mol. The third kappa shape index (κ3) is 3.02. The van der Waals surface area contributed by atoms with E-state index in [-0.39, 0.29) is 6.61 Å². The van der Waals surface area contributed by atoms with Gasteiger partial charge in [0, 0.05) is 36.7 Å². The molecule has 0 saturated heterocycles. The van der Waals surface area contributed by atoms with Gasteiger partial charge in [-0.15, -0.1) is 0 Å². The fourth-order valence-corrected chi connectivity index (χ4v) is 3.26. The van der Waals surface area contributed by atoms with Gasteiger partial charge in [-0.1, -0.05) is 42.5 Å². The van der Waals surface area contributed by atoms with Crippen molar-refractivity contribution >= 4 is 5.82 Å². The molecular formula is C21H21N3O2. The van der Waals surface area contributed by atoms with Crippen LogP contribution in [0, 0.1) is 0 Å². The number of fused-ring (bicyclic) bond motifs is 3. The maximum absolute atomic E-state index is 9.39. The van der Waals surface area contributed by atoms with Crippen LogP contribution in [0.1, 0.15) is 5.56 Å². The average Bonchev–Trinajstić information content (AvgIpc) is 2.87. The Morgan fingerprint density at radius 3 is 2.62 bits per heavy atom. The third-order valence-corrected chi connectivity index (χ3v) is 4.57. The van der Waals surface area contributed by atoms with Gasteiger partial charge in [-0.2, -0.15) is 0 Å². The van der Waals surface area contributed by atoms with Crippen molar-refractivity contribution in [3.63, 3.8) is 0 Å². The zero-order valence-corrected chi connectivity index (χ0v) is 14.7. The normalized spacial score (nSPS) is 12.5. The molecule has 0 aliphatic carbocycles. The molecule has 132 valence electrons. The Bertz CT molecular complexity index is 912. The van der Waals surface area contributed by atoms with Crippen molar-refractivity contribution in [2.24, 2.45) is 0 Å². The van der Waals surface area contributed by atoms with Crippen molar-refractivity contribution < 1.29 is 9.84 Å². The van der Waals surface area contributed by atoms with Crippen LogP contribution in [-0.4, -0.2) is 41.9 Å². The molecule has 1 aliphatic heterocycles. The molecular weight excluding hydrogens is 326 g/mol. The molecule has 0 atom stereocenters. The quantitative estimate of drug-likeness (QED) is 0.785. The molecule has 0 fully saturated rings. The lowest BCUT2D eigenvalue weighted by molar-refractivity contribution is 0.303. The van der Waals surface area contributed by atoms with Gasteiger partial charge in [0.1, 0.15) is 11.6 Å². The average molecular weight is 347 g/mol. The molecule has 0 amide bonds. The molecule has 2 heterocycles. The second-order valence-corrected chi connectivity index (χ2v) is 6.30. The first-order chi connectivity index (χ1) is 12.8. The van der Waals surface area contributed by atoms with Crippen LogP contribution < -0.4 is 9.64 Å². The van der Waals surface area contributed by atoms with E-state index in [4.69, 9.17) is 14.7 Å². The SMILES string of the molecule is CN(CCO)c1nc(-c2ccccc2)nc2c1CCOc1ccccc1-2. The Kier molecular flexibility index (Phi) is 4.54. The van der Waals surface area contributed by atoms with Crippen LogP contribution in [0.5, 0.6) is 5.75 Å². The maximum atomic E-state index is 9.39.